The van der Waals surface area contributed by atoms with E-state index in [4.69, 9.17) is 11.6 Å². The lowest BCUT2D eigenvalue weighted by Crippen LogP contribution is -2.06. The number of rotatable bonds is 2. The van der Waals surface area contributed by atoms with E-state index < -0.39 is 17.7 Å². The molecule has 0 fully saturated rings. The molecular formula is C15H13ClF2O. The Morgan fingerprint density at radius 3 is 2.32 bits per heavy atom. The fourth-order valence-corrected chi connectivity index (χ4v) is 2.15. The van der Waals surface area contributed by atoms with Crippen molar-refractivity contribution >= 4 is 11.6 Å². The molecule has 0 aliphatic carbocycles. The van der Waals surface area contributed by atoms with E-state index in [0.29, 0.717) is 10.6 Å². The minimum absolute atomic E-state index is 0.115. The standard InChI is InChI=1S/C15H13ClF2O/c1-8-4-3-5-10(12(8)16)15(19)11-7-6-9(2)13(17)14(11)18/h3-7,15,19H,1-2H3. The van der Waals surface area contributed by atoms with Crippen molar-refractivity contribution in [1.82, 2.24) is 0 Å². The molecule has 0 heterocycles. The minimum atomic E-state index is -1.29. The van der Waals surface area contributed by atoms with Gasteiger partial charge in [0.2, 0.25) is 0 Å². The molecule has 0 saturated heterocycles. The Morgan fingerprint density at radius 2 is 1.63 bits per heavy atom. The van der Waals surface area contributed by atoms with Crippen molar-refractivity contribution in [2.75, 3.05) is 0 Å². The van der Waals surface area contributed by atoms with Crippen molar-refractivity contribution in [2.45, 2.75) is 20.0 Å². The molecule has 0 spiro atoms. The van der Waals surface area contributed by atoms with Gasteiger partial charge in [-0.3, -0.25) is 0 Å². The first-order valence-electron chi connectivity index (χ1n) is 5.81. The van der Waals surface area contributed by atoms with Gasteiger partial charge in [-0.05, 0) is 25.0 Å². The summed E-state index contributed by atoms with van der Waals surface area (Å²) in [4.78, 5) is 0. The van der Waals surface area contributed by atoms with Gasteiger partial charge in [0.1, 0.15) is 6.10 Å². The van der Waals surface area contributed by atoms with Gasteiger partial charge in [-0.15, -0.1) is 0 Å². The highest BCUT2D eigenvalue weighted by molar-refractivity contribution is 6.32. The van der Waals surface area contributed by atoms with Crippen LogP contribution in [-0.4, -0.2) is 5.11 Å². The Labute approximate surface area is 115 Å². The highest BCUT2D eigenvalue weighted by Gasteiger charge is 2.21. The molecule has 0 radical (unpaired) electrons. The van der Waals surface area contributed by atoms with E-state index in [1.165, 1.54) is 19.1 Å². The van der Waals surface area contributed by atoms with E-state index in [0.717, 1.165) is 5.56 Å². The summed E-state index contributed by atoms with van der Waals surface area (Å²) in [6, 6.07) is 7.89. The predicted octanol–water partition coefficient (Wildman–Crippen LogP) is 4.32. The first-order valence-corrected chi connectivity index (χ1v) is 6.19. The third-order valence-electron chi connectivity index (χ3n) is 3.12. The lowest BCUT2D eigenvalue weighted by atomic mass is 9.98. The Balaban J connectivity index is 2.53. The first kappa shape index (κ1) is 14.0. The van der Waals surface area contributed by atoms with E-state index in [1.807, 2.05) is 0 Å². The lowest BCUT2D eigenvalue weighted by molar-refractivity contribution is 0.213. The Kier molecular flexibility index (Phi) is 3.88. The highest BCUT2D eigenvalue weighted by Crippen LogP contribution is 2.32. The number of hydrogen-bond donors (Lipinski definition) is 1. The summed E-state index contributed by atoms with van der Waals surface area (Å²) in [5.74, 6) is -1.98. The molecule has 0 aromatic heterocycles. The lowest BCUT2D eigenvalue weighted by Gasteiger charge is -2.16. The van der Waals surface area contributed by atoms with Gasteiger partial charge in [0, 0.05) is 16.1 Å². The number of halogens is 3. The third kappa shape index (κ3) is 2.48. The summed E-state index contributed by atoms with van der Waals surface area (Å²) in [7, 11) is 0. The zero-order chi connectivity index (χ0) is 14.2. The maximum Gasteiger partial charge on any atom is 0.165 e. The molecule has 2 aromatic carbocycles. The molecule has 1 N–H and O–H groups in total. The van der Waals surface area contributed by atoms with E-state index in [2.05, 4.69) is 0 Å². The zero-order valence-electron chi connectivity index (χ0n) is 10.5. The van der Waals surface area contributed by atoms with Crippen LogP contribution in [-0.2, 0) is 0 Å². The van der Waals surface area contributed by atoms with Crippen LogP contribution < -0.4 is 0 Å². The summed E-state index contributed by atoms with van der Waals surface area (Å²) < 4.78 is 27.4. The molecule has 0 aliphatic heterocycles. The van der Waals surface area contributed by atoms with Crippen LogP contribution in [0.25, 0.3) is 0 Å². The van der Waals surface area contributed by atoms with Crippen LogP contribution in [0.4, 0.5) is 8.78 Å². The van der Waals surface area contributed by atoms with Gasteiger partial charge < -0.3 is 5.11 Å². The minimum Gasteiger partial charge on any atom is -0.383 e. The smallest absolute Gasteiger partial charge is 0.165 e. The maximum atomic E-state index is 13.9. The molecule has 1 atom stereocenters. The molecule has 0 saturated carbocycles. The normalized spacial score (nSPS) is 12.5. The molecule has 1 unspecified atom stereocenters. The van der Waals surface area contributed by atoms with Gasteiger partial charge in [-0.1, -0.05) is 41.9 Å². The van der Waals surface area contributed by atoms with Gasteiger partial charge in [0.05, 0.1) is 0 Å². The van der Waals surface area contributed by atoms with Crippen molar-refractivity contribution in [3.8, 4) is 0 Å². The molecule has 2 aromatic rings. The molecular weight excluding hydrogens is 270 g/mol. The molecule has 4 heteroatoms. The maximum absolute atomic E-state index is 13.9. The molecule has 100 valence electrons. The van der Waals surface area contributed by atoms with Crippen molar-refractivity contribution in [3.63, 3.8) is 0 Å². The second-order valence-corrected chi connectivity index (χ2v) is 4.86. The number of hydrogen-bond acceptors (Lipinski definition) is 1. The monoisotopic (exact) mass is 282 g/mol. The topological polar surface area (TPSA) is 20.2 Å². The van der Waals surface area contributed by atoms with Crippen LogP contribution in [0.15, 0.2) is 30.3 Å². The van der Waals surface area contributed by atoms with Crippen LogP contribution in [0, 0.1) is 25.5 Å². The molecule has 2 rings (SSSR count). The fourth-order valence-electron chi connectivity index (χ4n) is 1.92. The van der Waals surface area contributed by atoms with Gasteiger partial charge in [-0.2, -0.15) is 0 Å². The van der Waals surface area contributed by atoms with Crippen molar-refractivity contribution in [1.29, 1.82) is 0 Å². The predicted molar refractivity (Wildman–Crippen MR) is 71.3 cm³/mol. The second-order valence-electron chi connectivity index (χ2n) is 4.48. The van der Waals surface area contributed by atoms with E-state index in [-0.39, 0.29) is 11.1 Å². The fraction of sp³-hybridized carbons (Fsp3) is 0.200. The summed E-state index contributed by atoms with van der Waals surface area (Å²) in [5.41, 5.74) is 1.22. The van der Waals surface area contributed by atoms with Crippen molar-refractivity contribution in [2.24, 2.45) is 0 Å². The summed E-state index contributed by atoms with van der Waals surface area (Å²) >= 11 is 6.09. The average molecular weight is 283 g/mol. The second kappa shape index (κ2) is 5.27. The van der Waals surface area contributed by atoms with Gasteiger partial charge in [0.15, 0.2) is 11.6 Å². The largest absolute Gasteiger partial charge is 0.383 e. The van der Waals surface area contributed by atoms with Crippen molar-refractivity contribution < 1.29 is 13.9 Å². The SMILES string of the molecule is Cc1ccc(C(O)c2cccc(C)c2Cl)c(F)c1F. The van der Waals surface area contributed by atoms with Crippen LogP contribution in [0.2, 0.25) is 5.02 Å². The molecule has 19 heavy (non-hydrogen) atoms. The van der Waals surface area contributed by atoms with E-state index >= 15 is 0 Å². The number of aryl methyl sites for hydroxylation is 2. The summed E-state index contributed by atoms with van der Waals surface area (Å²) in [5, 5.41) is 10.6. The van der Waals surface area contributed by atoms with Crippen LogP contribution in [0.1, 0.15) is 28.4 Å². The molecule has 0 aliphatic rings. The number of aliphatic hydroxyl groups is 1. The van der Waals surface area contributed by atoms with Crippen LogP contribution in [0.3, 0.4) is 0 Å². The summed E-state index contributed by atoms with van der Waals surface area (Å²) in [6.07, 6.45) is -1.29. The zero-order valence-corrected chi connectivity index (χ0v) is 11.3. The van der Waals surface area contributed by atoms with Crippen LogP contribution in [0.5, 0.6) is 0 Å². The molecule has 1 nitrogen and oxygen atoms in total. The third-order valence-corrected chi connectivity index (χ3v) is 3.63. The average Bonchev–Trinajstić information content (AvgIpc) is 2.39. The summed E-state index contributed by atoms with van der Waals surface area (Å²) in [6.45, 7) is 3.25. The van der Waals surface area contributed by atoms with E-state index in [1.54, 1.807) is 25.1 Å². The highest BCUT2D eigenvalue weighted by atomic mass is 35.5. The number of benzene rings is 2. The van der Waals surface area contributed by atoms with E-state index in [9.17, 15) is 13.9 Å². The molecule has 0 bridgehead atoms. The first-order chi connectivity index (χ1) is 8.93. The Morgan fingerprint density at radius 1 is 0.947 bits per heavy atom. The van der Waals surface area contributed by atoms with Gasteiger partial charge >= 0.3 is 0 Å². The van der Waals surface area contributed by atoms with Crippen LogP contribution >= 0.6 is 11.6 Å². The molecule has 0 amide bonds. The van der Waals surface area contributed by atoms with Gasteiger partial charge in [0.25, 0.3) is 0 Å². The quantitative estimate of drug-likeness (QED) is 0.870. The van der Waals surface area contributed by atoms with Gasteiger partial charge in [-0.25, -0.2) is 8.78 Å². The number of aliphatic hydroxyl groups excluding tert-OH is 1. The van der Waals surface area contributed by atoms with Crippen molar-refractivity contribution in [3.05, 3.63) is 69.2 Å². The Hall–Kier alpha value is -1.45. The Bertz CT molecular complexity index is 626.